The van der Waals surface area contributed by atoms with E-state index in [9.17, 15) is 4.79 Å². The molecule has 0 aliphatic heterocycles. The molecule has 3 heterocycles. The summed E-state index contributed by atoms with van der Waals surface area (Å²) in [6.45, 7) is 0. The Morgan fingerprint density at radius 3 is 2.50 bits per heavy atom. The third-order valence-corrected chi connectivity index (χ3v) is 4.06. The molecule has 0 fully saturated rings. The van der Waals surface area contributed by atoms with E-state index in [1.54, 1.807) is 71.8 Å². The van der Waals surface area contributed by atoms with Crippen molar-refractivity contribution in [3.63, 3.8) is 0 Å². The SMILES string of the molecule is O=C(Nc1ccc(Oc2ccc(Cl)cc2)nc1)c1ccc(-n2ccnc2)nc1. The van der Waals surface area contributed by atoms with E-state index in [1.165, 1.54) is 12.4 Å². The van der Waals surface area contributed by atoms with Crippen LogP contribution in [-0.2, 0) is 0 Å². The summed E-state index contributed by atoms with van der Waals surface area (Å²) in [5.41, 5.74) is 0.984. The largest absolute Gasteiger partial charge is 0.439 e. The van der Waals surface area contributed by atoms with Crippen molar-refractivity contribution in [2.45, 2.75) is 0 Å². The van der Waals surface area contributed by atoms with Crippen LogP contribution >= 0.6 is 11.6 Å². The molecule has 0 aliphatic carbocycles. The smallest absolute Gasteiger partial charge is 0.257 e. The number of pyridine rings is 2. The molecule has 0 unspecified atom stereocenters. The molecule has 7 nitrogen and oxygen atoms in total. The van der Waals surface area contributed by atoms with Gasteiger partial charge >= 0.3 is 0 Å². The molecule has 0 atom stereocenters. The molecular weight excluding hydrogens is 378 g/mol. The Balaban J connectivity index is 1.39. The first-order valence-corrected chi connectivity index (χ1v) is 8.70. The topological polar surface area (TPSA) is 81.9 Å². The predicted octanol–water partition coefficient (Wildman–Crippen LogP) is 4.36. The second-order valence-electron chi connectivity index (χ2n) is 5.77. The minimum absolute atomic E-state index is 0.280. The number of benzene rings is 1. The Morgan fingerprint density at radius 1 is 1.00 bits per heavy atom. The number of halogens is 1. The average molecular weight is 392 g/mol. The number of carbonyl (C=O) groups is 1. The van der Waals surface area contributed by atoms with Crippen LogP contribution in [0, 0.1) is 0 Å². The molecule has 4 aromatic rings. The van der Waals surface area contributed by atoms with Gasteiger partial charge in [-0.1, -0.05) is 11.6 Å². The number of imidazole rings is 1. The van der Waals surface area contributed by atoms with Crippen molar-refractivity contribution in [2.24, 2.45) is 0 Å². The zero-order valence-electron chi connectivity index (χ0n) is 14.5. The molecule has 0 saturated heterocycles. The molecule has 1 aromatic carbocycles. The van der Waals surface area contributed by atoms with Crippen LogP contribution in [0.2, 0.25) is 5.02 Å². The Bertz CT molecular complexity index is 1060. The highest BCUT2D eigenvalue weighted by molar-refractivity contribution is 6.30. The number of carbonyl (C=O) groups excluding carboxylic acids is 1. The van der Waals surface area contributed by atoms with Gasteiger partial charge in [0.1, 0.15) is 17.9 Å². The summed E-state index contributed by atoms with van der Waals surface area (Å²) in [5.74, 6) is 1.43. The first-order valence-electron chi connectivity index (χ1n) is 8.32. The van der Waals surface area contributed by atoms with E-state index in [4.69, 9.17) is 16.3 Å². The van der Waals surface area contributed by atoms with Gasteiger partial charge in [-0.05, 0) is 42.5 Å². The maximum atomic E-state index is 12.4. The second kappa shape index (κ2) is 7.89. The van der Waals surface area contributed by atoms with E-state index < -0.39 is 0 Å². The Kier molecular flexibility index (Phi) is 4.99. The predicted molar refractivity (Wildman–Crippen MR) is 105 cm³/mol. The zero-order chi connectivity index (χ0) is 19.3. The van der Waals surface area contributed by atoms with Gasteiger partial charge in [0.2, 0.25) is 5.88 Å². The number of hydrogen-bond donors (Lipinski definition) is 1. The lowest BCUT2D eigenvalue weighted by Crippen LogP contribution is -2.12. The molecule has 3 aromatic heterocycles. The average Bonchev–Trinajstić information content (AvgIpc) is 3.26. The van der Waals surface area contributed by atoms with Crippen molar-refractivity contribution >= 4 is 23.2 Å². The highest BCUT2D eigenvalue weighted by Gasteiger charge is 2.08. The van der Waals surface area contributed by atoms with E-state index in [2.05, 4.69) is 20.3 Å². The number of rotatable bonds is 5. The lowest BCUT2D eigenvalue weighted by molar-refractivity contribution is 0.102. The van der Waals surface area contributed by atoms with E-state index in [-0.39, 0.29) is 5.91 Å². The maximum Gasteiger partial charge on any atom is 0.257 e. The third kappa shape index (κ3) is 4.16. The highest BCUT2D eigenvalue weighted by Crippen LogP contribution is 2.22. The number of anilines is 1. The summed E-state index contributed by atoms with van der Waals surface area (Å²) in [4.78, 5) is 24.8. The quantitative estimate of drug-likeness (QED) is 0.546. The molecular formula is C20H14ClN5O2. The molecule has 1 N–H and O–H groups in total. The number of hydrogen-bond acceptors (Lipinski definition) is 5. The van der Waals surface area contributed by atoms with Crippen LogP contribution in [0.4, 0.5) is 5.69 Å². The highest BCUT2D eigenvalue weighted by atomic mass is 35.5. The van der Waals surface area contributed by atoms with Crippen LogP contribution in [0.3, 0.4) is 0 Å². The minimum atomic E-state index is -0.280. The summed E-state index contributed by atoms with van der Waals surface area (Å²) in [6.07, 6.45) is 8.12. The summed E-state index contributed by atoms with van der Waals surface area (Å²) in [5, 5.41) is 3.41. The van der Waals surface area contributed by atoms with Crippen LogP contribution in [0.25, 0.3) is 5.82 Å². The summed E-state index contributed by atoms with van der Waals surface area (Å²) >= 11 is 5.85. The lowest BCUT2D eigenvalue weighted by atomic mass is 10.2. The molecule has 0 aliphatic rings. The van der Waals surface area contributed by atoms with Crippen LogP contribution in [-0.4, -0.2) is 25.4 Å². The fourth-order valence-electron chi connectivity index (χ4n) is 2.41. The Labute approximate surface area is 165 Å². The first-order chi connectivity index (χ1) is 13.7. The Hall–Kier alpha value is -3.71. The molecule has 138 valence electrons. The standard InChI is InChI=1S/C20H14ClN5O2/c21-15-2-5-17(6-3-15)28-19-8-4-16(12-24-19)25-20(27)14-1-7-18(23-11-14)26-10-9-22-13-26/h1-13H,(H,25,27). The third-order valence-electron chi connectivity index (χ3n) is 3.81. The second-order valence-corrected chi connectivity index (χ2v) is 6.21. The summed E-state index contributed by atoms with van der Waals surface area (Å²) < 4.78 is 7.38. The number of nitrogens with one attached hydrogen (secondary N) is 1. The van der Waals surface area contributed by atoms with E-state index >= 15 is 0 Å². The first kappa shape index (κ1) is 17.7. The molecule has 0 bridgehead atoms. The summed E-state index contributed by atoms with van der Waals surface area (Å²) in [6, 6.07) is 13.8. The van der Waals surface area contributed by atoms with Crippen LogP contribution in [0.15, 0.2) is 79.6 Å². The van der Waals surface area contributed by atoms with Gasteiger partial charge in [0.25, 0.3) is 5.91 Å². The van der Waals surface area contributed by atoms with Gasteiger partial charge in [0.15, 0.2) is 0 Å². The van der Waals surface area contributed by atoms with Crippen molar-refractivity contribution in [1.82, 2.24) is 19.5 Å². The van der Waals surface area contributed by atoms with E-state index in [0.29, 0.717) is 33.7 Å². The van der Waals surface area contributed by atoms with Crippen molar-refractivity contribution in [1.29, 1.82) is 0 Å². The number of aromatic nitrogens is 4. The van der Waals surface area contributed by atoms with Gasteiger partial charge in [0.05, 0.1) is 17.4 Å². The molecule has 0 saturated carbocycles. The molecule has 0 spiro atoms. The van der Waals surface area contributed by atoms with Crippen LogP contribution < -0.4 is 10.1 Å². The monoisotopic (exact) mass is 391 g/mol. The molecule has 1 amide bonds. The molecule has 4 rings (SSSR count). The van der Waals surface area contributed by atoms with Crippen molar-refractivity contribution in [3.8, 4) is 17.4 Å². The number of amides is 1. The van der Waals surface area contributed by atoms with E-state index in [0.717, 1.165) is 0 Å². The van der Waals surface area contributed by atoms with Crippen LogP contribution in [0.5, 0.6) is 11.6 Å². The van der Waals surface area contributed by atoms with Gasteiger partial charge in [-0.15, -0.1) is 0 Å². The molecule has 28 heavy (non-hydrogen) atoms. The zero-order valence-corrected chi connectivity index (χ0v) is 15.2. The molecule has 0 radical (unpaired) electrons. The summed E-state index contributed by atoms with van der Waals surface area (Å²) in [7, 11) is 0. The fraction of sp³-hybridized carbons (Fsp3) is 0. The van der Waals surface area contributed by atoms with Gasteiger partial charge in [-0.3, -0.25) is 9.36 Å². The van der Waals surface area contributed by atoms with Gasteiger partial charge < -0.3 is 10.1 Å². The normalized spacial score (nSPS) is 10.5. The lowest BCUT2D eigenvalue weighted by Gasteiger charge is -2.08. The molecule has 8 heteroatoms. The minimum Gasteiger partial charge on any atom is -0.439 e. The maximum absolute atomic E-state index is 12.4. The Morgan fingerprint density at radius 2 is 1.86 bits per heavy atom. The van der Waals surface area contributed by atoms with Gasteiger partial charge in [-0.25, -0.2) is 15.0 Å². The number of ether oxygens (including phenoxy) is 1. The number of nitrogens with zero attached hydrogens (tertiary/aromatic N) is 4. The van der Waals surface area contributed by atoms with Crippen molar-refractivity contribution < 1.29 is 9.53 Å². The van der Waals surface area contributed by atoms with E-state index in [1.807, 2.05) is 0 Å². The van der Waals surface area contributed by atoms with Gasteiger partial charge in [0, 0.05) is 29.7 Å². The van der Waals surface area contributed by atoms with Gasteiger partial charge in [-0.2, -0.15) is 0 Å². The van der Waals surface area contributed by atoms with Crippen molar-refractivity contribution in [2.75, 3.05) is 5.32 Å². The fourth-order valence-corrected chi connectivity index (χ4v) is 2.53. The van der Waals surface area contributed by atoms with Crippen molar-refractivity contribution in [3.05, 3.63) is 90.2 Å². The van der Waals surface area contributed by atoms with Crippen LogP contribution in [0.1, 0.15) is 10.4 Å².